The van der Waals surface area contributed by atoms with E-state index >= 15 is 0 Å². The average molecular weight is 351 g/mol. The van der Waals surface area contributed by atoms with Crippen LogP contribution in [0.15, 0.2) is 24.7 Å². The highest BCUT2D eigenvalue weighted by Crippen LogP contribution is 2.31. The number of aryl methyl sites for hydroxylation is 1. The quantitative estimate of drug-likeness (QED) is 0.850. The molecule has 1 aliphatic rings. The number of pyridine rings is 1. The van der Waals surface area contributed by atoms with Crippen LogP contribution in [0, 0.1) is 6.92 Å². The number of alkyl halides is 3. The second-order valence-corrected chi connectivity index (χ2v) is 5.99. The SMILES string of the molecule is CCc1c(C)ncnc1N1CCN(c2cc(C(F)(F)F)ccn2)CC1. The molecule has 1 fully saturated rings. The third-order valence-corrected chi connectivity index (χ3v) is 4.47. The predicted molar refractivity (Wildman–Crippen MR) is 89.8 cm³/mol. The summed E-state index contributed by atoms with van der Waals surface area (Å²) in [6.07, 6.45) is -0.733. The van der Waals surface area contributed by atoms with Crippen molar-refractivity contribution in [1.29, 1.82) is 0 Å². The van der Waals surface area contributed by atoms with Gasteiger partial charge in [-0.3, -0.25) is 0 Å². The summed E-state index contributed by atoms with van der Waals surface area (Å²) in [6, 6.07) is 2.11. The van der Waals surface area contributed by atoms with Crippen molar-refractivity contribution in [3.63, 3.8) is 0 Å². The molecule has 0 unspecified atom stereocenters. The van der Waals surface area contributed by atoms with Gasteiger partial charge in [0.05, 0.1) is 5.56 Å². The highest BCUT2D eigenvalue weighted by atomic mass is 19.4. The molecule has 25 heavy (non-hydrogen) atoms. The van der Waals surface area contributed by atoms with Gasteiger partial charge in [0, 0.05) is 43.6 Å². The lowest BCUT2D eigenvalue weighted by atomic mass is 10.1. The van der Waals surface area contributed by atoms with Crippen LogP contribution in [0.1, 0.15) is 23.7 Å². The van der Waals surface area contributed by atoms with Gasteiger partial charge >= 0.3 is 6.18 Å². The maximum Gasteiger partial charge on any atom is 0.416 e. The van der Waals surface area contributed by atoms with Crippen LogP contribution in [0.2, 0.25) is 0 Å². The van der Waals surface area contributed by atoms with Crippen molar-refractivity contribution in [3.05, 3.63) is 41.5 Å². The van der Waals surface area contributed by atoms with Gasteiger partial charge < -0.3 is 9.80 Å². The summed E-state index contributed by atoms with van der Waals surface area (Å²) >= 11 is 0. The zero-order valence-corrected chi connectivity index (χ0v) is 14.2. The molecule has 2 aromatic heterocycles. The van der Waals surface area contributed by atoms with Crippen molar-refractivity contribution in [1.82, 2.24) is 15.0 Å². The van der Waals surface area contributed by atoms with E-state index in [1.807, 2.05) is 11.8 Å². The Hall–Kier alpha value is -2.38. The van der Waals surface area contributed by atoms with Crippen LogP contribution in [-0.2, 0) is 12.6 Å². The fourth-order valence-electron chi connectivity index (χ4n) is 3.09. The Morgan fingerprint density at radius 3 is 2.36 bits per heavy atom. The first-order valence-corrected chi connectivity index (χ1v) is 8.23. The number of hydrogen-bond donors (Lipinski definition) is 0. The summed E-state index contributed by atoms with van der Waals surface area (Å²) in [5.74, 6) is 1.29. The van der Waals surface area contributed by atoms with Crippen molar-refractivity contribution in [2.75, 3.05) is 36.0 Å². The summed E-state index contributed by atoms with van der Waals surface area (Å²) in [5, 5.41) is 0. The summed E-state index contributed by atoms with van der Waals surface area (Å²) in [7, 11) is 0. The van der Waals surface area contributed by atoms with Crippen molar-refractivity contribution < 1.29 is 13.2 Å². The lowest BCUT2D eigenvalue weighted by molar-refractivity contribution is -0.137. The number of hydrogen-bond acceptors (Lipinski definition) is 5. The van der Waals surface area contributed by atoms with Gasteiger partial charge in [-0.05, 0) is 25.5 Å². The summed E-state index contributed by atoms with van der Waals surface area (Å²) < 4.78 is 38.6. The number of rotatable bonds is 3. The van der Waals surface area contributed by atoms with Crippen LogP contribution in [-0.4, -0.2) is 41.1 Å². The molecule has 0 atom stereocenters. The smallest absolute Gasteiger partial charge is 0.353 e. The first kappa shape index (κ1) is 17.4. The first-order valence-electron chi connectivity index (χ1n) is 8.23. The zero-order chi connectivity index (χ0) is 18.0. The fourth-order valence-corrected chi connectivity index (χ4v) is 3.09. The summed E-state index contributed by atoms with van der Waals surface area (Å²) in [6.45, 7) is 6.59. The fraction of sp³-hybridized carbons (Fsp3) is 0.471. The molecule has 0 spiro atoms. The van der Waals surface area contributed by atoms with Crippen molar-refractivity contribution >= 4 is 11.6 Å². The molecule has 1 aliphatic heterocycles. The molecule has 0 amide bonds. The Morgan fingerprint density at radius 2 is 1.72 bits per heavy atom. The van der Waals surface area contributed by atoms with Gasteiger partial charge in [-0.25, -0.2) is 15.0 Å². The summed E-state index contributed by atoms with van der Waals surface area (Å²) in [5.41, 5.74) is 1.42. The molecule has 3 heterocycles. The molecule has 0 radical (unpaired) electrons. The maximum absolute atomic E-state index is 12.9. The van der Waals surface area contributed by atoms with E-state index in [4.69, 9.17) is 0 Å². The van der Waals surface area contributed by atoms with Gasteiger partial charge in [-0.15, -0.1) is 0 Å². The minimum Gasteiger partial charge on any atom is -0.353 e. The molecule has 134 valence electrons. The minimum atomic E-state index is -4.35. The summed E-state index contributed by atoms with van der Waals surface area (Å²) in [4.78, 5) is 16.8. The Kier molecular flexibility index (Phi) is 4.78. The molecule has 0 N–H and O–H groups in total. The molecule has 0 saturated carbocycles. The van der Waals surface area contributed by atoms with Gasteiger partial charge in [0.1, 0.15) is 18.0 Å². The van der Waals surface area contributed by atoms with Crippen LogP contribution >= 0.6 is 0 Å². The van der Waals surface area contributed by atoms with Crippen LogP contribution < -0.4 is 9.80 Å². The lowest BCUT2D eigenvalue weighted by Gasteiger charge is -2.37. The third-order valence-electron chi connectivity index (χ3n) is 4.47. The third kappa shape index (κ3) is 3.67. The molecular formula is C17H20F3N5. The largest absolute Gasteiger partial charge is 0.416 e. The van der Waals surface area contributed by atoms with Gasteiger partial charge in [0.2, 0.25) is 0 Å². The highest BCUT2D eigenvalue weighted by molar-refractivity contribution is 5.51. The molecule has 3 rings (SSSR count). The molecule has 2 aromatic rings. The standard InChI is InChI=1S/C17H20F3N5/c1-3-14-12(2)22-11-23-16(14)25-8-6-24(7-9-25)15-10-13(4-5-21-15)17(18,19)20/h4-5,10-11H,3,6-9H2,1-2H3. The molecule has 0 aliphatic carbocycles. The normalized spacial score (nSPS) is 15.6. The average Bonchev–Trinajstić information content (AvgIpc) is 2.61. The number of halogens is 3. The highest BCUT2D eigenvalue weighted by Gasteiger charge is 2.31. The van der Waals surface area contributed by atoms with E-state index in [-0.39, 0.29) is 0 Å². The van der Waals surface area contributed by atoms with Crippen molar-refractivity contribution in [2.45, 2.75) is 26.4 Å². The van der Waals surface area contributed by atoms with E-state index in [0.717, 1.165) is 35.6 Å². The Labute approximate surface area is 144 Å². The van der Waals surface area contributed by atoms with E-state index in [1.165, 1.54) is 6.20 Å². The minimum absolute atomic E-state index is 0.365. The predicted octanol–water partition coefficient (Wildman–Crippen LogP) is 3.09. The van der Waals surface area contributed by atoms with Gasteiger partial charge in [-0.1, -0.05) is 6.92 Å². The maximum atomic E-state index is 12.9. The zero-order valence-electron chi connectivity index (χ0n) is 14.2. The molecule has 1 saturated heterocycles. The van der Waals surface area contributed by atoms with E-state index in [9.17, 15) is 13.2 Å². The second-order valence-electron chi connectivity index (χ2n) is 5.99. The number of nitrogens with zero attached hydrogens (tertiary/aromatic N) is 5. The van der Waals surface area contributed by atoms with Crippen molar-refractivity contribution in [3.8, 4) is 0 Å². The topological polar surface area (TPSA) is 45.2 Å². The number of piperazine rings is 1. The van der Waals surface area contributed by atoms with Crippen LogP contribution in [0.3, 0.4) is 0 Å². The first-order chi connectivity index (χ1) is 11.9. The lowest BCUT2D eigenvalue weighted by Crippen LogP contribution is -2.47. The monoisotopic (exact) mass is 351 g/mol. The van der Waals surface area contributed by atoms with Gasteiger partial charge in [-0.2, -0.15) is 13.2 Å². The van der Waals surface area contributed by atoms with Gasteiger partial charge in [0.15, 0.2) is 0 Å². The second kappa shape index (κ2) is 6.85. The van der Waals surface area contributed by atoms with E-state index in [2.05, 4.69) is 26.8 Å². The van der Waals surface area contributed by atoms with E-state index in [1.54, 1.807) is 6.33 Å². The molecule has 5 nitrogen and oxygen atoms in total. The molecule has 0 aromatic carbocycles. The molecule has 0 bridgehead atoms. The number of anilines is 2. The van der Waals surface area contributed by atoms with E-state index < -0.39 is 11.7 Å². The Bertz CT molecular complexity index is 739. The van der Waals surface area contributed by atoms with Crippen LogP contribution in [0.25, 0.3) is 0 Å². The van der Waals surface area contributed by atoms with Crippen molar-refractivity contribution in [2.24, 2.45) is 0 Å². The van der Waals surface area contributed by atoms with E-state index in [0.29, 0.717) is 32.0 Å². The number of aromatic nitrogens is 3. The van der Waals surface area contributed by atoms with Crippen LogP contribution in [0.5, 0.6) is 0 Å². The molecule has 8 heteroatoms. The molecular weight excluding hydrogens is 331 g/mol. The van der Waals surface area contributed by atoms with Crippen LogP contribution in [0.4, 0.5) is 24.8 Å². The Balaban J connectivity index is 1.74. The van der Waals surface area contributed by atoms with Gasteiger partial charge in [0.25, 0.3) is 0 Å². The Morgan fingerprint density at radius 1 is 1.04 bits per heavy atom.